The van der Waals surface area contributed by atoms with Gasteiger partial charge in [0.25, 0.3) is 0 Å². The molecule has 0 aliphatic carbocycles. The first kappa shape index (κ1) is 11.3. The molecule has 0 saturated carbocycles. The van der Waals surface area contributed by atoms with Crippen LogP contribution >= 0.6 is 0 Å². The molecule has 0 saturated heterocycles. The van der Waals surface area contributed by atoms with Gasteiger partial charge < -0.3 is 9.15 Å². The van der Waals surface area contributed by atoms with E-state index in [0.717, 1.165) is 11.5 Å². The van der Waals surface area contributed by atoms with Crippen LogP contribution in [0.5, 0.6) is 0 Å². The molecular formula is C12H14O3. The molecule has 1 rings (SSSR count). The summed E-state index contributed by atoms with van der Waals surface area (Å²) in [5.41, 5.74) is 0. The van der Waals surface area contributed by atoms with Gasteiger partial charge in [-0.15, -0.1) is 0 Å². The average molecular weight is 206 g/mol. The molecule has 1 heterocycles. The largest absolute Gasteiger partial charge is 0.463 e. The summed E-state index contributed by atoms with van der Waals surface area (Å²) in [4.78, 5) is 10.9. The van der Waals surface area contributed by atoms with Gasteiger partial charge in [0.05, 0.1) is 6.61 Å². The summed E-state index contributed by atoms with van der Waals surface area (Å²) in [7, 11) is 0. The molecule has 80 valence electrons. The number of aryl methyl sites for hydroxylation is 1. The number of carbonyl (C=O) groups excluding carboxylic acids is 1. The van der Waals surface area contributed by atoms with E-state index in [4.69, 9.17) is 9.15 Å². The van der Waals surface area contributed by atoms with Crippen LogP contribution in [0.15, 0.2) is 34.8 Å². The van der Waals surface area contributed by atoms with Crippen molar-refractivity contribution in [1.29, 1.82) is 0 Å². The van der Waals surface area contributed by atoms with Gasteiger partial charge >= 0.3 is 5.97 Å². The van der Waals surface area contributed by atoms with Crippen molar-refractivity contribution in [2.75, 3.05) is 6.61 Å². The molecular weight excluding hydrogens is 192 g/mol. The molecule has 0 amide bonds. The molecule has 0 atom stereocenters. The number of ether oxygens (including phenoxy) is 1. The minimum atomic E-state index is -0.335. The average Bonchev–Trinajstić information content (AvgIpc) is 2.60. The smallest absolute Gasteiger partial charge is 0.330 e. The molecule has 0 fully saturated rings. The Kier molecular flexibility index (Phi) is 4.41. The van der Waals surface area contributed by atoms with Crippen molar-refractivity contribution in [3.63, 3.8) is 0 Å². The standard InChI is InChI=1S/C12H14O3/c1-3-14-12(13)7-5-4-6-11-9-8-10(2)15-11/h4-9H,3H2,1-2H3/b6-4+,7-5+. The molecule has 15 heavy (non-hydrogen) atoms. The first-order valence-electron chi connectivity index (χ1n) is 4.80. The SMILES string of the molecule is CCOC(=O)/C=C/C=C/c1ccc(C)o1. The van der Waals surface area contributed by atoms with Crippen LogP contribution in [0.4, 0.5) is 0 Å². The highest BCUT2D eigenvalue weighted by Crippen LogP contribution is 2.07. The third-order valence-corrected chi connectivity index (χ3v) is 1.65. The molecule has 0 N–H and O–H groups in total. The first-order valence-corrected chi connectivity index (χ1v) is 4.80. The summed E-state index contributed by atoms with van der Waals surface area (Å²) in [6.07, 6.45) is 6.50. The van der Waals surface area contributed by atoms with Gasteiger partial charge in [-0.1, -0.05) is 12.2 Å². The molecule has 3 nitrogen and oxygen atoms in total. The quantitative estimate of drug-likeness (QED) is 0.432. The van der Waals surface area contributed by atoms with Crippen LogP contribution in [0.1, 0.15) is 18.4 Å². The molecule has 1 aromatic heterocycles. The Morgan fingerprint density at radius 3 is 2.87 bits per heavy atom. The highest BCUT2D eigenvalue weighted by atomic mass is 16.5. The van der Waals surface area contributed by atoms with E-state index in [1.165, 1.54) is 6.08 Å². The molecule has 3 heteroatoms. The molecule has 0 unspecified atom stereocenters. The van der Waals surface area contributed by atoms with Crippen molar-refractivity contribution in [3.8, 4) is 0 Å². The topological polar surface area (TPSA) is 39.4 Å². The van der Waals surface area contributed by atoms with E-state index in [0.29, 0.717) is 6.61 Å². The number of esters is 1. The summed E-state index contributed by atoms with van der Waals surface area (Å²) in [6, 6.07) is 3.75. The van der Waals surface area contributed by atoms with E-state index in [9.17, 15) is 4.79 Å². The monoisotopic (exact) mass is 206 g/mol. The van der Waals surface area contributed by atoms with Crippen molar-refractivity contribution in [3.05, 3.63) is 41.9 Å². The normalized spacial score (nSPS) is 11.3. The molecule has 0 spiro atoms. The maximum Gasteiger partial charge on any atom is 0.330 e. The lowest BCUT2D eigenvalue weighted by molar-refractivity contribution is -0.137. The number of hydrogen-bond donors (Lipinski definition) is 0. The van der Waals surface area contributed by atoms with E-state index in [1.807, 2.05) is 19.1 Å². The Bertz CT molecular complexity index is 372. The summed E-state index contributed by atoms with van der Waals surface area (Å²) in [5.74, 6) is 1.29. The van der Waals surface area contributed by atoms with Crippen LogP contribution in [0.3, 0.4) is 0 Å². The third kappa shape index (κ3) is 4.31. The summed E-state index contributed by atoms with van der Waals surface area (Å²) >= 11 is 0. The van der Waals surface area contributed by atoms with Gasteiger partial charge in [-0.3, -0.25) is 0 Å². The second kappa shape index (κ2) is 5.86. The minimum Gasteiger partial charge on any atom is -0.463 e. The number of allylic oxidation sites excluding steroid dienone is 2. The summed E-state index contributed by atoms with van der Waals surface area (Å²) in [5, 5.41) is 0. The fourth-order valence-electron chi connectivity index (χ4n) is 1.02. The first-order chi connectivity index (χ1) is 7.22. The van der Waals surface area contributed by atoms with Crippen molar-refractivity contribution in [1.82, 2.24) is 0 Å². The predicted octanol–water partition coefficient (Wildman–Crippen LogP) is 2.72. The predicted molar refractivity (Wildman–Crippen MR) is 58.3 cm³/mol. The van der Waals surface area contributed by atoms with Crippen molar-refractivity contribution >= 4 is 12.0 Å². The van der Waals surface area contributed by atoms with E-state index >= 15 is 0 Å². The highest BCUT2D eigenvalue weighted by Gasteiger charge is 1.92. The highest BCUT2D eigenvalue weighted by molar-refractivity contribution is 5.82. The van der Waals surface area contributed by atoms with Crippen molar-refractivity contribution in [2.24, 2.45) is 0 Å². The Hall–Kier alpha value is -1.77. The Morgan fingerprint density at radius 2 is 2.27 bits per heavy atom. The molecule has 0 aliphatic heterocycles. The van der Waals surface area contributed by atoms with Gasteiger partial charge in [0.15, 0.2) is 0 Å². The second-order valence-corrected chi connectivity index (χ2v) is 2.92. The number of rotatable bonds is 4. The van der Waals surface area contributed by atoms with Gasteiger partial charge in [-0.2, -0.15) is 0 Å². The van der Waals surface area contributed by atoms with Crippen molar-refractivity contribution < 1.29 is 13.9 Å². The Labute approximate surface area is 89.0 Å². The summed E-state index contributed by atoms with van der Waals surface area (Å²) < 4.78 is 10.0. The van der Waals surface area contributed by atoms with Crippen LogP contribution in [-0.2, 0) is 9.53 Å². The molecule has 0 aromatic carbocycles. The zero-order valence-corrected chi connectivity index (χ0v) is 8.90. The van der Waals surface area contributed by atoms with E-state index in [2.05, 4.69) is 0 Å². The molecule has 0 radical (unpaired) electrons. The van der Waals surface area contributed by atoms with Crippen LogP contribution < -0.4 is 0 Å². The number of furan rings is 1. The maximum absolute atomic E-state index is 10.9. The fraction of sp³-hybridized carbons (Fsp3) is 0.250. The molecule has 0 aliphatic rings. The van der Waals surface area contributed by atoms with Crippen LogP contribution in [0.2, 0.25) is 0 Å². The zero-order valence-electron chi connectivity index (χ0n) is 8.90. The van der Waals surface area contributed by atoms with Crippen LogP contribution in [0, 0.1) is 6.92 Å². The van der Waals surface area contributed by atoms with Gasteiger partial charge in [0.1, 0.15) is 11.5 Å². The molecule has 1 aromatic rings. The van der Waals surface area contributed by atoms with E-state index in [-0.39, 0.29) is 5.97 Å². The second-order valence-electron chi connectivity index (χ2n) is 2.92. The maximum atomic E-state index is 10.9. The lowest BCUT2D eigenvalue weighted by Crippen LogP contribution is -1.98. The summed E-state index contributed by atoms with van der Waals surface area (Å²) in [6.45, 7) is 4.04. The van der Waals surface area contributed by atoms with Gasteiger partial charge in [0, 0.05) is 6.08 Å². The zero-order chi connectivity index (χ0) is 11.1. The van der Waals surface area contributed by atoms with Crippen molar-refractivity contribution in [2.45, 2.75) is 13.8 Å². The molecule has 0 bridgehead atoms. The van der Waals surface area contributed by atoms with Gasteiger partial charge in [-0.25, -0.2) is 4.79 Å². The Morgan fingerprint density at radius 1 is 1.47 bits per heavy atom. The third-order valence-electron chi connectivity index (χ3n) is 1.65. The van der Waals surface area contributed by atoms with Crippen LogP contribution in [0.25, 0.3) is 6.08 Å². The lowest BCUT2D eigenvalue weighted by atomic mass is 10.3. The van der Waals surface area contributed by atoms with Crippen LogP contribution in [-0.4, -0.2) is 12.6 Å². The van der Waals surface area contributed by atoms with E-state index in [1.54, 1.807) is 25.2 Å². The number of carbonyl (C=O) groups is 1. The van der Waals surface area contributed by atoms with Gasteiger partial charge in [-0.05, 0) is 32.1 Å². The van der Waals surface area contributed by atoms with E-state index < -0.39 is 0 Å². The lowest BCUT2D eigenvalue weighted by Gasteiger charge is -1.92. The minimum absolute atomic E-state index is 0.335. The van der Waals surface area contributed by atoms with Gasteiger partial charge in [0.2, 0.25) is 0 Å². The number of hydrogen-bond acceptors (Lipinski definition) is 3. The fourth-order valence-corrected chi connectivity index (χ4v) is 1.02. The Balaban J connectivity index is 2.42.